The van der Waals surface area contributed by atoms with Crippen LogP contribution in [0.1, 0.15) is 25.7 Å². The van der Waals surface area contributed by atoms with Gasteiger partial charge in [0.2, 0.25) is 0 Å². The summed E-state index contributed by atoms with van der Waals surface area (Å²) in [6.45, 7) is 0. The van der Waals surface area contributed by atoms with Crippen molar-refractivity contribution < 1.29 is 0 Å². The Bertz CT molecular complexity index is 261. The van der Waals surface area contributed by atoms with Gasteiger partial charge in [0.05, 0.1) is 12.1 Å². The molecule has 14 heavy (non-hydrogen) atoms. The molecule has 0 aromatic rings. The summed E-state index contributed by atoms with van der Waals surface area (Å²) >= 11 is 0. The van der Waals surface area contributed by atoms with E-state index in [1.54, 1.807) is 12.2 Å². The van der Waals surface area contributed by atoms with E-state index in [0.717, 1.165) is 25.7 Å². The molecule has 1 aliphatic rings. The monoisotopic (exact) mass is 186 g/mol. The van der Waals surface area contributed by atoms with Crippen molar-refractivity contribution in [2.75, 3.05) is 0 Å². The molecule has 1 aliphatic carbocycles. The van der Waals surface area contributed by atoms with Crippen LogP contribution in [-0.2, 0) is 0 Å². The molecule has 0 saturated heterocycles. The minimum absolute atomic E-state index is 0.571. The Hall–Kier alpha value is -1.54. The lowest BCUT2D eigenvalue weighted by atomic mass is 9.82. The van der Waals surface area contributed by atoms with Crippen molar-refractivity contribution in [1.82, 2.24) is 0 Å². The second-order valence-electron chi connectivity index (χ2n) is 3.65. The average molecular weight is 186 g/mol. The highest BCUT2D eigenvalue weighted by atomic mass is 14.2. The van der Waals surface area contributed by atoms with E-state index < -0.39 is 0 Å². The zero-order valence-corrected chi connectivity index (χ0v) is 8.19. The van der Waals surface area contributed by atoms with E-state index in [4.69, 9.17) is 10.5 Å². The molecule has 0 atom stereocenters. The van der Waals surface area contributed by atoms with Crippen molar-refractivity contribution in [3.63, 3.8) is 0 Å². The van der Waals surface area contributed by atoms with Crippen LogP contribution in [0.5, 0.6) is 0 Å². The van der Waals surface area contributed by atoms with E-state index in [1.165, 1.54) is 0 Å². The molecule has 0 radical (unpaired) electrons. The summed E-state index contributed by atoms with van der Waals surface area (Å²) in [6.07, 6.45) is 11.7. The number of nitrogens with zero attached hydrogens (tertiary/aromatic N) is 2. The molecule has 0 amide bonds. The molecule has 0 spiro atoms. The van der Waals surface area contributed by atoms with Gasteiger partial charge in [0, 0.05) is 12.2 Å². The predicted octanol–water partition coefficient (Wildman–Crippen LogP) is 2.95. The molecule has 2 heteroatoms. The highest BCUT2D eigenvalue weighted by Crippen LogP contribution is 2.30. The van der Waals surface area contributed by atoms with E-state index in [1.807, 2.05) is 24.3 Å². The summed E-state index contributed by atoms with van der Waals surface area (Å²) in [4.78, 5) is 0. The first kappa shape index (κ1) is 10.5. The van der Waals surface area contributed by atoms with Crippen LogP contribution in [0.25, 0.3) is 0 Å². The summed E-state index contributed by atoms with van der Waals surface area (Å²) in [6, 6.07) is 4.05. The molecule has 1 saturated carbocycles. The Balaban J connectivity index is 2.32. The third-order valence-corrected chi connectivity index (χ3v) is 2.70. The van der Waals surface area contributed by atoms with Gasteiger partial charge in [0.15, 0.2) is 0 Å². The Labute approximate surface area is 85.2 Å². The lowest BCUT2D eigenvalue weighted by Crippen LogP contribution is -2.10. The molecule has 0 N–H and O–H groups in total. The third kappa shape index (κ3) is 3.46. The molecule has 0 aromatic heterocycles. The van der Waals surface area contributed by atoms with Crippen molar-refractivity contribution in [3.8, 4) is 12.1 Å². The first-order valence-electron chi connectivity index (χ1n) is 4.99. The van der Waals surface area contributed by atoms with Crippen LogP contribution in [0.2, 0.25) is 0 Å². The maximum atomic E-state index is 8.38. The van der Waals surface area contributed by atoms with Gasteiger partial charge < -0.3 is 0 Å². The maximum absolute atomic E-state index is 8.38. The molecule has 1 fully saturated rings. The molecule has 2 nitrogen and oxygen atoms in total. The van der Waals surface area contributed by atoms with Crippen molar-refractivity contribution in [2.45, 2.75) is 25.7 Å². The number of rotatable bonds is 2. The van der Waals surface area contributed by atoms with Crippen molar-refractivity contribution in [1.29, 1.82) is 10.5 Å². The number of allylic oxidation sites excluding steroid dienone is 4. The predicted molar refractivity (Wildman–Crippen MR) is 55.0 cm³/mol. The zero-order valence-electron chi connectivity index (χ0n) is 8.19. The number of hydrogen-bond donors (Lipinski definition) is 0. The van der Waals surface area contributed by atoms with Crippen LogP contribution in [0, 0.1) is 34.5 Å². The minimum Gasteiger partial charge on any atom is -0.193 e. The smallest absolute Gasteiger partial charge is 0.0908 e. The second-order valence-corrected chi connectivity index (χ2v) is 3.65. The summed E-state index contributed by atoms with van der Waals surface area (Å²) in [5, 5.41) is 16.8. The van der Waals surface area contributed by atoms with E-state index in [-0.39, 0.29) is 0 Å². The van der Waals surface area contributed by atoms with Gasteiger partial charge in [-0.3, -0.25) is 0 Å². The van der Waals surface area contributed by atoms with Gasteiger partial charge in [0.1, 0.15) is 0 Å². The van der Waals surface area contributed by atoms with Crippen LogP contribution in [0.4, 0.5) is 0 Å². The van der Waals surface area contributed by atoms with Crippen molar-refractivity contribution >= 4 is 0 Å². The van der Waals surface area contributed by atoms with Gasteiger partial charge in [0.25, 0.3) is 0 Å². The molecule has 72 valence electrons. The molecule has 0 unspecified atom stereocenters. The molecule has 0 bridgehead atoms. The highest BCUT2D eigenvalue weighted by molar-refractivity contribution is 5.07. The van der Waals surface area contributed by atoms with Crippen LogP contribution in [-0.4, -0.2) is 0 Å². The van der Waals surface area contributed by atoms with Gasteiger partial charge in [-0.2, -0.15) is 10.5 Å². The lowest BCUT2D eigenvalue weighted by molar-refractivity contribution is 0.356. The normalized spacial score (nSPS) is 27.6. The largest absolute Gasteiger partial charge is 0.193 e. The molecular formula is C12H14N2. The van der Waals surface area contributed by atoms with Gasteiger partial charge in [-0.05, 0) is 37.5 Å². The van der Waals surface area contributed by atoms with Crippen LogP contribution in [0.3, 0.4) is 0 Å². The molecule has 0 aromatic carbocycles. The Morgan fingerprint density at radius 1 is 0.786 bits per heavy atom. The standard InChI is InChI=1S/C12H14N2/c13-9-1-3-11-5-7-12(8-6-11)4-2-10-14/h1-4,11-12H,5-8H2. The average Bonchev–Trinajstić information content (AvgIpc) is 2.25. The van der Waals surface area contributed by atoms with Crippen LogP contribution >= 0.6 is 0 Å². The minimum atomic E-state index is 0.571. The van der Waals surface area contributed by atoms with Crippen molar-refractivity contribution in [2.24, 2.45) is 11.8 Å². The molecular weight excluding hydrogens is 172 g/mol. The van der Waals surface area contributed by atoms with Gasteiger partial charge in [-0.1, -0.05) is 12.2 Å². The van der Waals surface area contributed by atoms with Gasteiger partial charge in [-0.15, -0.1) is 0 Å². The fourth-order valence-corrected chi connectivity index (χ4v) is 1.89. The summed E-state index contributed by atoms with van der Waals surface area (Å²) < 4.78 is 0. The Morgan fingerprint density at radius 3 is 1.43 bits per heavy atom. The quantitative estimate of drug-likeness (QED) is 0.622. The molecule has 1 rings (SSSR count). The summed E-state index contributed by atoms with van der Waals surface area (Å²) in [5.74, 6) is 1.14. The van der Waals surface area contributed by atoms with E-state index in [9.17, 15) is 0 Å². The van der Waals surface area contributed by atoms with Gasteiger partial charge in [-0.25, -0.2) is 0 Å². The lowest BCUT2D eigenvalue weighted by Gasteiger charge is -2.23. The van der Waals surface area contributed by atoms with E-state index in [0.29, 0.717) is 11.8 Å². The number of hydrogen-bond acceptors (Lipinski definition) is 2. The SMILES string of the molecule is N#CC=CC1CCC(C=CC#N)CC1. The van der Waals surface area contributed by atoms with E-state index in [2.05, 4.69) is 0 Å². The third-order valence-electron chi connectivity index (χ3n) is 2.70. The fourth-order valence-electron chi connectivity index (χ4n) is 1.89. The Morgan fingerprint density at radius 2 is 1.14 bits per heavy atom. The maximum Gasteiger partial charge on any atom is 0.0908 e. The zero-order chi connectivity index (χ0) is 10.2. The van der Waals surface area contributed by atoms with Crippen LogP contribution in [0.15, 0.2) is 24.3 Å². The second kappa shape index (κ2) is 6.00. The summed E-state index contributed by atoms with van der Waals surface area (Å²) in [7, 11) is 0. The Kier molecular flexibility index (Phi) is 4.51. The first-order valence-corrected chi connectivity index (χ1v) is 4.99. The van der Waals surface area contributed by atoms with Crippen molar-refractivity contribution in [3.05, 3.63) is 24.3 Å². The highest BCUT2D eigenvalue weighted by Gasteiger charge is 2.16. The van der Waals surface area contributed by atoms with Gasteiger partial charge >= 0.3 is 0 Å². The number of nitriles is 2. The topological polar surface area (TPSA) is 47.6 Å². The summed E-state index contributed by atoms with van der Waals surface area (Å²) in [5.41, 5.74) is 0. The van der Waals surface area contributed by atoms with E-state index >= 15 is 0 Å². The molecule has 0 heterocycles. The first-order chi connectivity index (χ1) is 6.86. The fraction of sp³-hybridized carbons (Fsp3) is 0.500. The van der Waals surface area contributed by atoms with Crippen LogP contribution < -0.4 is 0 Å². The molecule has 0 aliphatic heterocycles.